The van der Waals surface area contributed by atoms with Gasteiger partial charge in [0.1, 0.15) is 5.75 Å². The summed E-state index contributed by atoms with van der Waals surface area (Å²) in [6.07, 6.45) is -0.842. The van der Waals surface area contributed by atoms with E-state index in [4.69, 9.17) is 21.1 Å². The predicted octanol–water partition coefficient (Wildman–Crippen LogP) is 2.52. The number of fused-ring (bicyclic) bond motifs is 1. The minimum absolute atomic E-state index is 0.0254. The predicted molar refractivity (Wildman–Crippen MR) is 110 cm³/mol. The highest BCUT2D eigenvalue weighted by atomic mass is 35.5. The van der Waals surface area contributed by atoms with Crippen molar-refractivity contribution in [3.63, 3.8) is 0 Å². The van der Waals surface area contributed by atoms with E-state index in [1.807, 2.05) is 6.07 Å². The van der Waals surface area contributed by atoms with Crippen molar-refractivity contribution >= 4 is 46.8 Å². The molecule has 0 fully saturated rings. The van der Waals surface area contributed by atoms with Crippen LogP contribution in [-0.2, 0) is 19.1 Å². The Morgan fingerprint density at radius 2 is 1.93 bits per heavy atom. The van der Waals surface area contributed by atoms with Crippen LogP contribution < -0.4 is 15.0 Å². The van der Waals surface area contributed by atoms with Gasteiger partial charge in [0.15, 0.2) is 12.7 Å². The molecule has 7 nitrogen and oxygen atoms in total. The van der Waals surface area contributed by atoms with E-state index < -0.39 is 24.6 Å². The van der Waals surface area contributed by atoms with Crippen molar-refractivity contribution in [2.45, 2.75) is 11.0 Å². The molecule has 1 aliphatic heterocycles. The van der Waals surface area contributed by atoms with Crippen LogP contribution in [0.2, 0.25) is 5.02 Å². The Bertz CT molecular complexity index is 923. The smallest absolute Gasteiger partial charge is 0.316 e. The Balaban J connectivity index is 1.60. The first kappa shape index (κ1) is 21.0. The lowest BCUT2D eigenvalue weighted by Gasteiger charge is -2.33. The third kappa shape index (κ3) is 5.21. The Morgan fingerprint density at radius 3 is 2.69 bits per heavy atom. The van der Waals surface area contributed by atoms with Gasteiger partial charge in [0.05, 0.1) is 23.0 Å². The summed E-state index contributed by atoms with van der Waals surface area (Å²) in [5.74, 6) is -0.873. The van der Waals surface area contributed by atoms with Crippen molar-refractivity contribution in [2.24, 2.45) is 0 Å². The summed E-state index contributed by atoms with van der Waals surface area (Å²) in [4.78, 5) is 38.9. The number of nitrogens with zero attached hydrogens (tertiary/aromatic N) is 1. The fourth-order valence-electron chi connectivity index (χ4n) is 2.73. The SMILES string of the molecule is CNC(=O)C1CN(C(=O)COC(=O)CSc2ccccc2Cl)c2ccccc2O1. The third-order valence-electron chi connectivity index (χ3n) is 4.15. The molecule has 2 amide bonds. The van der Waals surface area contributed by atoms with Gasteiger partial charge in [-0.3, -0.25) is 14.4 Å². The van der Waals surface area contributed by atoms with Crippen molar-refractivity contribution in [3.05, 3.63) is 53.6 Å². The molecule has 0 saturated heterocycles. The number of amides is 2. The van der Waals surface area contributed by atoms with E-state index in [1.165, 1.54) is 23.7 Å². The highest BCUT2D eigenvalue weighted by molar-refractivity contribution is 8.00. The second-order valence-electron chi connectivity index (χ2n) is 6.07. The summed E-state index contributed by atoms with van der Waals surface area (Å²) < 4.78 is 10.8. The fraction of sp³-hybridized carbons (Fsp3) is 0.250. The normalized spacial score (nSPS) is 15.1. The van der Waals surface area contributed by atoms with E-state index in [0.717, 1.165) is 4.90 Å². The molecule has 0 aromatic heterocycles. The molecule has 1 unspecified atom stereocenters. The van der Waals surface area contributed by atoms with Crippen LogP contribution in [0.3, 0.4) is 0 Å². The number of halogens is 1. The molecule has 0 saturated carbocycles. The summed E-state index contributed by atoms with van der Waals surface area (Å²) in [7, 11) is 1.50. The molecule has 1 N–H and O–H groups in total. The number of nitrogens with one attached hydrogen (secondary N) is 1. The lowest BCUT2D eigenvalue weighted by Crippen LogP contribution is -2.51. The van der Waals surface area contributed by atoms with Gasteiger partial charge in [-0.25, -0.2) is 0 Å². The number of hydrogen-bond acceptors (Lipinski definition) is 6. The lowest BCUT2D eigenvalue weighted by molar-refractivity contribution is -0.145. The number of carbonyl (C=O) groups excluding carboxylic acids is 3. The molecule has 2 aromatic carbocycles. The Kier molecular flexibility index (Phi) is 7.00. The number of likely N-dealkylation sites (N-methyl/N-ethyl adjacent to an activating group) is 1. The number of benzene rings is 2. The fourth-order valence-corrected chi connectivity index (χ4v) is 3.77. The van der Waals surface area contributed by atoms with Gasteiger partial charge in [-0.15, -0.1) is 11.8 Å². The molecular weight excluding hydrogens is 416 g/mol. The first-order chi connectivity index (χ1) is 14.0. The average molecular weight is 435 g/mol. The number of thioether (sulfide) groups is 1. The molecule has 1 heterocycles. The van der Waals surface area contributed by atoms with Crippen LogP contribution in [-0.4, -0.2) is 49.8 Å². The van der Waals surface area contributed by atoms with E-state index in [2.05, 4.69) is 5.32 Å². The molecule has 3 rings (SSSR count). The van der Waals surface area contributed by atoms with Crippen molar-refractivity contribution < 1.29 is 23.9 Å². The van der Waals surface area contributed by atoms with Crippen LogP contribution in [0, 0.1) is 0 Å². The second kappa shape index (κ2) is 9.67. The number of ether oxygens (including phenoxy) is 2. The van der Waals surface area contributed by atoms with Crippen molar-refractivity contribution in [1.29, 1.82) is 0 Å². The largest absolute Gasteiger partial charge is 0.477 e. The minimum Gasteiger partial charge on any atom is -0.477 e. The number of anilines is 1. The van der Waals surface area contributed by atoms with Crippen molar-refractivity contribution in [1.82, 2.24) is 5.32 Å². The molecule has 152 valence electrons. The van der Waals surface area contributed by atoms with Crippen LogP contribution in [0.1, 0.15) is 0 Å². The molecule has 9 heteroatoms. The molecule has 1 aliphatic rings. The van der Waals surface area contributed by atoms with Crippen LogP contribution in [0.15, 0.2) is 53.4 Å². The first-order valence-electron chi connectivity index (χ1n) is 8.80. The zero-order chi connectivity index (χ0) is 20.8. The number of esters is 1. The maximum Gasteiger partial charge on any atom is 0.316 e. The Hall–Kier alpha value is -2.71. The summed E-state index contributed by atoms with van der Waals surface area (Å²) in [6, 6.07) is 14.1. The average Bonchev–Trinajstić information content (AvgIpc) is 2.75. The molecule has 0 radical (unpaired) electrons. The Morgan fingerprint density at radius 1 is 1.21 bits per heavy atom. The van der Waals surface area contributed by atoms with Crippen LogP contribution >= 0.6 is 23.4 Å². The quantitative estimate of drug-likeness (QED) is 0.555. The van der Waals surface area contributed by atoms with Crippen LogP contribution in [0.25, 0.3) is 0 Å². The van der Waals surface area contributed by atoms with Gasteiger partial charge in [0.2, 0.25) is 0 Å². The summed E-state index contributed by atoms with van der Waals surface area (Å²) >= 11 is 7.29. The molecule has 0 spiro atoms. The summed E-state index contributed by atoms with van der Waals surface area (Å²) in [5.41, 5.74) is 0.527. The van der Waals surface area contributed by atoms with Crippen LogP contribution in [0.4, 0.5) is 5.69 Å². The van der Waals surface area contributed by atoms with Gasteiger partial charge in [-0.05, 0) is 24.3 Å². The maximum atomic E-state index is 12.7. The standard InChI is InChI=1S/C20H19ClN2O5S/c1-22-20(26)16-10-23(14-7-3-4-8-15(14)28-16)18(24)11-27-19(25)12-29-17-9-5-2-6-13(17)21/h2-9,16H,10-12H2,1H3,(H,22,26). The van der Waals surface area contributed by atoms with Gasteiger partial charge in [0, 0.05) is 11.9 Å². The molecule has 0 bridgehead atoms. The van der Waals surface area contributed by atoms with E-state index >= 15 is 0 Å². The van der Waals surface area contributed by atoms with Gasteiger partial charge >= 0.3 is 5.97 Å². The van der Waals surface area contributed by atoms with Gasteiger partial charge in [-0.1, -0.05) is 35.9 Å². The third-order valence-corrected chi connectivity index (χ3v) is 5.64. The van der Waals surface area contributed by atoms with E-state index in [9.17, 15) is 14.4 Å². The molecule has 0 aliphatic carbocycles. The monoisotopic (exact) mass is 434 g/mol. The zero-order valence-electron chi connectivity index (χ0n) is 15.6. The number of rotatable bonds is 6. The number of carbonyl (C=O) groups is 3. The second-order valence-corrected chi connectivity index (χ2v) is 7.50. The van der Waals surface area contributed by atoms with Gasteiger partial charge < -0.3 is 19.7 Å². The topological polar surface area (TPSA) is 84.9 Å². The summed E-state index contributed by atoms with van der Waals surface area (Å²) in [6.45, 7) is -0.405. The van der Waals surface area contributed by atoms with Crippen molar-refractivity contribution in [3.8, 4) is 5.75 Å². The van der Waals surface area contributed by atoms with Gasteiger partial charge in [-0.2, -0.15) is 0 Å². The lowest BCUT2D eigenvalue weighted by atomic mass is 10.1. The Labute approximate surface area is 177 Å². The first-order valence-corrected chi connectivity index (χ1v) is 10.2. The van der Waals surface area contributed by atoms with Gasteiger partial charge in [0.25, 0.3) is 11.8 Å². The molecule has 2 aromatic rings. The maximum absolute atomic E-state index is 12.7. The van der Waals surface area contributed by atoms with Crippen LogP contribution in [0.5, 0.6) is 5.75 Å². The molecular formula is C20H19ClN2O5S. The zero-order valence-corrected chi connectivity index (χ0v) is 17.2. The van der Waals surface area contributed by atoms with E-state index in [-0.39, 0.29) is 18.2 Å². The minimum atomic E-state index is -0.842. The van der Waals surface area contributed by atoms with E-state index in [0.29, 0.717) is 16.5 Å². The van der Waals surface area contributed by atoms with Crippen molar-refractivity contribution in [2.75, 3.05) is 30.9 Å². The highest BCUT2D eigenvalue weighted by Crippen LogP contribution is 2.33. The molecule has 29 heavy (non-hydrogen) atoms. The highest BCUT2D eigenvalue weighted by Gasteiger charge is 2.33. The number of hydrogen-bond donors (Lipinski definition) is 1. The molecule has 1 atom stereocenters. The number of para-hydroxylation sites is 2. The van der Waals surface area contributed by atoms with E-state index in [1.54, 1.807) is 42.5 Å². The summed E-state index contributed by atoms with van der Waals surface area (Å²) in [5, 5.41) is 3.06.